The van der Waals surface area contributed by atoms with Crippen molar-refractivity contribution in [3.63, 3.8) is 0 Å². The Hall–Kier alpha value is -8.40. The summed E-state index contributed by atoms with van der Waals surface area (Å²) in [4.78, 5) is 72.9. The Bertz CT molecular complexity index is 3800. The van der Waals surface area contributed by atoms with E-state index in [0.717, 1.165) is 117 Å². The molecule has 0 saturated heterocycles. The maximum Gasteiger partial charge on any atom is 0.414 e. The highest BCUT2D eigenvalue weighted by Gasteiger charge is 2.30. The van der Waals surface area contributed by atoms with Crippen molar-refractivity contribution in [2.75, 3.05) is 33.5 Å². The number of nitrogens with zero attached hydrogens (tertiary/aromatic N) is 6. The third-order valence-corrected chi connectivity index (χ3v) is 14.1. The molecular weight excluding hydrogens is 1070 g/mol. The molecule has 16 heteroatoms. The molecule has 2 aromatic heterocycles. The summed E-state index contributed by atoms with van der Waals surface area (Å²) in [6.07, 6.45) is 4.28. The van der Waals surface area contributed by atoms with Gasteiger partial charge >= 0.3 is 24.4 Å². The second kappa shape index (κ2) is 25.4. The predicted molar refractivity (Wildman–Crippen MR) is 341 cm³/mol. The Balaban J connectivity index is 0.957. The first-order valence-corrected chi connectivity index (χ1v) is 29.6. The molecule has 0 atom stereocenters. The molecular formula is C69H85N8O8+. The lowest BCUT2D eigenvalue weighted by Crippen LogP contribution is -2.38. The van der Waals surface area contributed by atoms with Gasteiger partial charge in [0.2, 0.25) is 16.7 Å². The number of nitrogens with one attached hydrogen (secondary N) is 2. The minimum absolute atomic E-state index is 0.427. The molecule has 85 heavy (non-hydrogen) atoms. The second-order valence-corrected chi connectivity index (χ2v) is 26.1. The van der Waals surface area contributed by atoms with E-state index in [-0.39, 0.29) is 0 Å². The fraction of sp³-hybridized carbons (Fsp3) is 0.420. The van der Waals surface area contributed by atoms with Crippen molar-refractivity contribution in [2.24, 2.45) is 0 Å². The minimum atomic E-state index is -0.725. The summed E-state index contributed by atoms with van der Waals surface area (Å²) in [7, 11) is 0. The molecule has 0 aliphatic heterocycles. The lowest BCUT2D eigenvalue weighted by atomic mass is 9.93. The lowest BCUT2D eigenvalue weighted by molar-refractivity contribution is -0.538. The number of benzene rings is 6. The zero-order valence-corrected chi connectivity index (χ0v) is 52.6. The number of unbranched alkanes of at least 4 members (excludes halogenated alkanes) is 6. The van der Waals surface area contributed by atoms with E-state index in [2.05, 4.69) is 15.2 Å². The van der Waals surface area contributed by atoms with Crippen molar-refractivity contribution in [3.8, 4) is 16.8 Å². The Morgan fingerprint density at radius 1 is 0.459 bits per heavy atom. The van der Waals surface area contributed by atoms with Gasteiger partial charge in [-0.1, -0.05) is 68.5 Å². The number of amides is 4. The van der Waals surface area contributed by atoms with Gasteiger partial charge in [-0.25, -0.2) is 34.1 Å². The van der Waals surface area contributed by atoms with Crippen LogP contribution in [0.5, 0.6) is 0 Å². The molecule has 0 bridgehead atoms. The maximum absolute atomic E-state index is 14.3. The summed E-state index contributed by atoms with van der Waals surface area (Å²) < 4.78 is 25.3. The highest BCUT2D eigenvalue weighted by atomic mass is 16.6. The van der Waals surface area contributed by atoms with E-state index in [1.165, 1.54) is 0 Å². The molecule has 0 saturated carbocycles. The average Bonchev–Trinajstić information content (AvgIpc) is 1.53. The number of rotatable bonds is 16. The fourth-order valence-corrected chi connectivity index (χ4v) is 10.4. The molecule has 0 fully saturated rings. The Morgan fingerprint density at radius 2 is 0.988 bits per heavy atom. The van der Waals surface area contributed by atoms with Gasteiger partial charge in [0.15, 0.2) is 0 Å². The Kier molecular flexibility index (Phi) is 18.7. The van der Waals surface area contributed by atoms with Crippen LogP contribution >= 0.6 is 0 Å². The molecule has 0 aliphatic carbocycles. The van der Waals surface area contributed by atoms with E-state index >= 15 is 0 Å². The molecule has 4 amide bonds. The van der Waals surface area contributed by atoms with Gasteiger partial charge in [-0.3, -0.25) is 20.4 Å². The van der Waals surface area contributed by atoms with Crippen LogP contribution in [0, 0.1) is 27.7 Å². The molecule has 0 radical (unpaired) electrons. The lowest BCUT2D eigenvalue weighted by Gasteiger charge is -2.28. The first kappa shape index (κ1) is 62.6. The number of anilines is 4. The van der Waals surface area contributed by atoms with Crippen LogP contribution in [-0.4, -0.2) is 74.8 Å². The number of carbonyl (C=O) groups excluding carboxylic acids is 4. The van der Waals surface area contributed by atoms with Gasteiger partial charge in [-0.05, 0) is 194 Å². The van der Waals surface area contributed by atoms with E-state index in [9.17, 15) is 19.2 Å². The van der Waals surface area contributed by atoms with E-state index in [4.69, 9.17) is 33.9 Å². The molecule has 8 rings (SSSR count). The maximum atomic E-state index is 14.3. The van der Waals surface area contributed by atoms with Gasteiger partial charge in [0.1, 0.15) is 33.4 Å². The van der Waals surface area contributed by atoms with E-state index in [0.29, 0.717) is 46.7 Å². The van der Waals surface area contributed by atoms with Gasteiger partial charge < -0.3 is 18.9 Å². The summed E-state index contributed by atoms with van der Waals surface area (Å²) in [5.41, 5.74) is 12.0. The number of carbonyl (C=O) groups is 4. The Morgan fingerprint density at radius 3 is 1.59 bits per heavy atom. The Labute approximate surface area is 500 Å². The number of aryl methyl sites for hydroxylation is 3. The number of fused-ring (bicyclic) bond motifs is 4. The summed E-state index contributed by atoms with van der Waals surface area (Å²) in [6, 6.07) is 33.4. The molecule has 0 spiro atoms. The van der Waals surface area contributed by atoms with Crippen molar-refractivity contribution in [1.82, 2.24) is 15.0 Å². The normalized spacial score (nSPS) is 12.1. The van der Waals surface area contributed by atoms with Crippen molar-refractivity contribution in [2.45, 2.75) is 178 Å². The van der Waals surface area contributed by atoms with Gasteiger partial charge in [0.25, 0.3) is 0 Å². The SMILES string of the molecule is Cc1cc2nc3cc(C)c(N(CCCCCCCCCN(C(=O)OC(C)(C)C)c4ccc5nc6c(-c7c(C)ccc(NC(=O)OC(C)(C)C)c7C)cccc6nc5c4)C(=O)OC(C)(C)C)cc3[n+](-c3ccccc3)c2cc1NC(=O)OC(C)(C)C. The first-order chi connectivity index (χ1) is 39.9. The van der Waals surface area contributed by atoms with Crippen LogP contribution in [0.15, 0.2) is 103 Å². The molecule has 448 valence electrons. The highest BCUT2D eigenvalue weighted by Crippen LogP contribution is 2.37. The van der Waals surface area contributed by atoms with Crippen LogP contribution in [0.25, 0.3) is 60.9 Å². The monoisotopic (exact) mass is 1150 g/mol. The van der Waals surface area contributed by atoms with Crippen LogP contribution < -0.4 is 25.0 Å². The van der Waals surface area contributed by atoms with Crippen LogP contribution in [0.4, 0.5) is 41.9 Å². The van der Waals surface area contributed by atoms with Gasteiger partial charge in [-0.2, -0.15) is 0 Å². The van der Waals surface area contributed by atoms with Crippen molar-refractivity contribution in [3.05, 3.63) is 125 Å². The average molecular weight is 1150 g/mol. The van der Waals surface area contributed by atoms with E-state index in [1.54, 1.807) is 9.80 Å². The number of hydrogen-bond donors (Lipinski definition) is 2. The molecule has 2 heterocycles. The second-order valence-electron chi connectivity index (χ2n) is 26.1. The van der Waals surface area contributed by atoms with Crippen LogP contribution in [-0.2, 0) is 18.9 Å². The molecule has 2 N–H and O–H groups in total. The zero-order chi connectivity index (χ0) is 61.8. The number of para-hydroxylation sites is 2. The third-order valence-electron chi connectivity index (χ3n) is 14.1. The van der Waals surface area contributed by atoms with Crippen molar-refractivity contribution < 1.29 is 42.7 Å². The summed E-state index contributed by atoms with van der Waals surface area (Å²) in [5, 5.41) is 5.88. The first-order valence-electron chi connectivity index (χ1n) is 29.6. The molecule has 8 aromatic rings. The van der Waals surface area contributed by atoms with E-state index in [1.807, 2.05) is 214 Å². The largest absolute Gasteiger partial charge is 0.444 e. The highest BCUT2D eigenvalue weighted by molar-refractivity contribution is 6.01. The number of aromatic nitrogens is 4. The summed E-state index contributed by atoms with van der Waals surface area (Å²) in [5.74, 6) is 0. The zero-order valence-electron chi connectivity index (χ0n) is 52.6. The van der Waals surface area contributed by atoms with Gasteiger partial charge in [0, 0.05) is 54.3 Å². The van der Waals surface area contributed by atoms with Crippen LogP contribution in [0.1, 0.15) is 150 Å². The van der Waals surface area contributed by atoms with Crippen LogP contribution in [0.2, 0.25) is 0 Å². The van der Waals surface area contributed by atoms with Crippen LogP contribution in [0.3, 0.4) is 0 Å². The van der Waals surface area contributed by atoms with Crippen molar-refractivity contribution >= 4 is 91.3 Å². The standard InChI is InChI=1S/C69H84N8O8/c1-43-32-34-50(73-62(78)82-66(5,6)7)46(4)60(43)49-30-27-31-52-61(49)72-51-35-33-48(40-54(51)70-52)75(64(80)84-68(11,12)13)36-25-20-18-17-19-21-26-37-76(65(81)85-69(14,15)16)57-42-59-56(39-45(57)3)71-55-38-44(2)53(74-63(79)83-67(8,9)10)41-58(55)77(59)47-28-23-22-24-29-47/h22-24,27-35,38-42H,17-21,25-26,36-37H2,1-16H3,(H,73,78)/p+1. The third kappa shape index (κ3) is 16.1. The quantitative estimate of drug-likeness (QED) is 0.0407. The molecule has 6 aromatic carbocycles. The smallest absolute Gasteiger partial charge is 0.414 e. The fourth-order valence-electron chi connectivity index (χ4n) is 10.4. The van der Waals surface area contributed by atoms with E-state index < -0.39 is 46.8 Å². The summed E-state index contributed by atoms with van der Waals surface area (Å²) >= 11 is 0. The van der Waals surface area contributed by atoms with Gasteiger partial charge in [-0.15, -0.1) is 4.57 Å². The molecule has 0 unspecified atom stereocenters. The molecule has 0 aliphatic rings. The summed E-state index contributed by atoms with van der Waals surface area (Å²) in [6.45, 7) is 31.1. The topological polar surface area (TPSA) is 178 Å². The number of ether oxygens (including phenoxy) is 4. The van der Waals surface area contributed by atoms with Crippen molar-refractivity contribution in [1.29, 1.82) is 0 Å². The molecule has 16 nitrogen and oxygen atoms in total. The minimum Gasteiger partial charge on any atom is -0.444 e. The number of hydrogen-bond acceptors (Lipinski definition) is 11. The predicted octanol–water partition coefficient (Wildman–Crippen LogP) is 17.3. The van der Waals surface area contributed by atoms with Gasteiger partial charge in [0.05, 0.1) is 33.4 Å².